The van der Waals surface area contributed by atoms with Crippen molar-refractivity contribution in [2.75, 3.05) is 13.1 Å². The molecule has 3 unspecified atom stereocenters. The molecule has 98 valence electrons. The van der Waals surface area contributed by atoms with E-state index in [0.717, 1.165) is 19.5 Å². The van der Waals surface area contributed by atoms with E-state index < -0.39 is 0 Å². The number of hydrogen-bond donors (Lipinski definition) is 1. The van der Waals surface area contributed by atoms with E-state index >= 15 is 0 Å². The average Bonchev–Trinajstić information content (AvgIpc) is 2.95. The van der Waals surface area contributed by atoms with Crippen LogP contribution in [-0.2, 0) is 0 Å². The number of amides is 1. The molecule has 0 bridgehead atoms. The van der Waals surface area contributed by atoms with Gasteiger partial charge in [-0.25, -0.2) is 0 Å². The van der Waals surface area contributed by atoms with E-state index in [0.29, 0.717) is 17.6 Å². The number of carbonyl (C=O) groups is 1. The van der Waals surface area contributed by atoms with Crippen molar-refractivity contribution in [2.24, 2.45) is 17.6 Å². The first-order valence-corrected chi connectivity index (χ1v) is 6.83. The van der Waals surface area contributed by atoms with Crippen LogP contribution in [0.2, 0.25) is 5.22 Å². The number of halogens is 1. The molecule has 0 aromatic carbocycles. The minimum Gasteiger partial charge on any atom is -0.440 e. The molecule has 3 atom stereocenters. The molecule has 1 saturated carbocycles. The molecule has 4 nitrogen and oxygen atoms in total. The number of nitrogens with two attached hydrogens (primary N) is 1. The van der Waals surface area contributed by atoms with E-state index in [1.807, 2.05) is 4.90 Å². The second kappa shape index (κ2) is 4.59. The lowest BCUT2D eigenvalue weighted by molar-refractivity contribution is 0.0752. The minimum atomic E-state index is -0.0662. The van der Waals surface area contributed by atoms with Crippen molar-refractivity contribution < 1.29 is 9.21 Å². The van der Waals surface area contributed by atoms with E-state index in [9.17, 15) is 4.79 Å². The summed E-state index contributed by atoms with van der Waals surface area (Å²) in [5, 5.41) is 0.256. The Bertz CT molecular complexity index is 460. The van der Waals surface area contributed by atoms with Crippen molar-refractivity contribution in [1.29, 1.82) is 0 Å². The fraction of sp³-hybridized carbons (Fsp3) is 0.615. The molecule has 5 heteroatoms. The zero-order valence-electron chi connectivity index (χ0n) is 10.1. The second-order valence-corrected chi connectivity index (χ2v) is 5.71. The summed E-state index contributed by atoms with van der Waals surface area (Å²) in [4.78, 5) is 14.1. The molecule has 1 aliphatic carbocycles. The standard InChI is InChI=1S/C13H17ClN2O2/c14-12-5-4-11(18-12)13(17)16-6-8-2-1-3-10(15)9(8)7-16/h4-5,8-10H,1-3,6-7,15H2. The molecule has 0 radical (unpaired) electrons. The molecular formula is C13H17ClN2O2. The van der Waals surface area contributed by atoms with E-state index in [1.165, 1.54) is 12.8 Å². The molecule has 1 amide bonds. The van der Waals surface area contributed by atoms with Crippen LogP contribution in [0.25, 0.3) is 0 Å². The number of rotatable bonds is 1. The summed E-state index contributed by atoms with van der Waals surface area (Å²) in [5.41, 5.74) is 6.14. The number of hydrogen-bond acceptors (Lipinski definition) is 3. The Hall–Kier alpha value is -1.00. The summed E-state index contributed by atoms with van der Waals surface area (Å²) < 4.78 is 5.18. The van der Waals surface area contributed by atoms with Gasteiger partial charge in [0.2, 0.25) is 0 Å². The molecule has 1 saturated heterocycles. The van der Waals surface area contributed by atoms with E-state index in [1.54, 1.807) is 12.1 Å². The molecule has 2 heterocycles. The van der Waals surface area contributed by atoms with Gasteiger partial charge in [0, 0.05) is 19.1 Å². The predicted molar refractivity (Wildman–Crippen MR) is 68.4 cm³/mol. The summed E-state index contributed by atoms with van der Waals surface area (Å²) in [6, 6.07) is 3.47. The maximum absolute atomic E-state index is 12.2. The Morgan fingerprint density at radius 1 is 1.39 bits per heavy atom. The summed E-state index contributed by atoms with van der Waals surface area (Å²) in [6.07, 6.45) is 3.44. The molecule has 1 aromatic heterocycles. The van der Waals surface area contributed by atoms with Crippen molar-refractivity contribution in [3.63, 3.8) is 0 Å². The summed E-state index contributed by atoms with van der Waals surface area (Å²) in [5.74, 6) is 1.27. The summed E-state index contributed by atoms with van der Waals surface area (Å²) >= 11 is 5.70. The number of nitrogens with zero attached hydrogens (tertiary/aromatic N) is 1. The first kappa shape index (κ1) is 12.1. The van der Waals surface area contributed by atoms with Gasteiger partial charge in [0.15, 0.2) is 11.0 Å². The highest BCUT2D eigenvalue weighted by Gasteiger charge is 2.41. The first-order valence-electron chi connectivity index (χ1n) is 6.45. The molecule has 0 spiro atoms. The third-order valence-electron chi connectivity index (χ3n) is 4.23. The zero-order valence-corrected chi connectivity index (χ0v) is 10.9. The molecule has 1 aliphatic heterocycles. The molecule has 2 fully saturated rings. The third-order valence-corrected chi connectivity index (χ3v) is 4.43. The van der Waals surface area contributed by atoms with E-state index in [4.69, 9.17) is 21.8 Å². The highest BCUT2D eigenvalue weighted by atomic mass is 35.5. The van der Waals surface area contributed by atoms with Crippen LogP contribution in [0.3, 0.4) is 0 Å². The maximum atomic E-state index is 12.2. The lowest BCUT2D eigenvalue weighted by atomic mass is 9.78. The van der Waals surface area contributed by atoms with Gasteiger partial charge in [0.05, 0.1) is 0 Å². The Kier molecular flexibility index (Phi) is 3.08. The molecular weight excluding hydrogens is 252 g/mol. The molecule has 2 N–H and O–H groups in total. The van der Waals surface area contributed by atoms with Crippen molar-refractivity contribution in [3.05, 3.63) is 23.1 Å². The van der Waals surface area contributed by atoms with Crippen molar-refractivity contribution >= 4 is 17.5 Å². The van der Waals surface area contributed by atoms with Crippen LogP contribution in [-0.4, -0.2) is 29.9 Å². The number of furan rings is 1. The summed E-state index contributed by atoms with van der Waals surface area (Å²) in [6.45, 7) is 1.55. The highest BCUT2D eigenvalue weighted by Crippen LogP contribution is 2.36. The van der Waals surface area contributed by atoms with Crippen LogP contribution in [0.4, 0.5) is 0 Å². The van der Waals surface area contributed by atoms with Crippen LogP contribution in [0, 0.1) is 11.8 Å². The lowest BCUT2D eigenvalue weighted by Gasteiger charge is -2.29. The van der Waals surface area contributed by atoms with E-state index in [-0.39, 0.29) is 17.2 Å². The van der Waals surface area contributed by atoms with Gasteiger partial charge < -0.3 is 15.1 Å². The van der Waals surface area contributed by atoms with Crippen LogP contribution >= 0.6 is 11.6 Å². The van der Waals surface area contributed by atoms with Crippen molar-refractivity contribution in [1.82, 2.24) is 4.90 Å². The van der Waals surface area contributed by atoms with Crippen LogP contribution in [0.1, 0.15) is 29.8 Å². The van der Waals surface area contributed by atoms with Crippen molar-refractivity contribution in [3.8, 4) is 0 Å². The topological polar surface area (TPSA) is 59.5 Å². The number of fused-ring (bicyclic) bond motifs is 1. The monoisotopic (exact) mass is 268 g/mol. The van der Waals surface area contributed by atoms with Gasteiger partial charge in [0.1, 0.15) is 0 Å². The van der Waals surface area contributed by atoms with Gasteiger partial charge in [-0.3, -0.25) is 4.79 Å². The van der Waals surface area contributed by atoms with Crippen molar-refractivity contribution in [2.45, 2.75) is 25.3 Å². The van der Waals surface area contributed by atoms with Gasteiger partial charge in [-0.2, -0.15) is 0 Å². The Morgan fingerprint density at radius 2 is 2.22 bits per heavy atom. The lowest BCUT2D eigenvalue weighted by Crippen LogP contribution is -2.38. The SMILES string of the molecule is NC1CCCC2CN(C(=O)c3ccc(Cl)o3)CC12. The van der Waals surface area contributed by atoms with Gasteiger partial charge in [0.25, 0.3) is 5.91 Å². The average molecular weight is 269 g/mol. The van der Waals surface area contributed by atoms with Gasteiger partial charge in [-0.15, -0.1) is 0 Å². The van der Waals surface area contributed by atoms with Gasteiger partial charge >= 0.3 is 0 Å². The van der Waals surface area contributed by atoms with Gasteiger partial charge in [-0.1, -0.05) is 6.42 Å². The smallest absolute Gasteiger partial charge is 0.289 e. The Balaban J connectivity index is 1.73. The predicted octanol–water partition coefficient (Wildman–Crippen LogP) is 2.13. The normalized spacial score (nSPS) is 31.4. The highest BCUT2D eigenvalue weighted by molar-refractivity contribution is 6.29. The fourth-order valence-electron chi connectivity index (χ4n) is 3.27. The Labute approximate surface area is 111 Å². The van der Waals surface area contributed by atoms with E-state index in [2.05, 4.69) is 0 Å². The van der Waals surface area contributed by atoms with Crippen LogP contribution in [0.15, 0.2) is 16.5 Å². The quantitative estimate of drug-likeness (QED) is 0.849. The molecule has 3 rings (SSSR count). The molecule has 2 aliphatic rings. The number of likely N-dealkylation sites (tertiary alicyclic amines) is 1. The second-order valence-electron chi connectivity index (χ2n) is 5.33. The summed E-state index contributed by atoms with van der Waals surface area (Å²) in [7, 11) is 0. The van der Waals surface area contributed by atoms with Crippen LogP contribution in [0.5, 0.6) is 0 Å². The molecule has 18 heavy (non-hydrogen) atoms. The zero-order chi connectivity index (χ0) is 12.7. The number of carbonyl (C=O) groups excluding carboxylic acids is 1. The minimum absolute atomic E-state index is 0.0662. The van der Waals surface area contributed by atoms with Gasteiger partial charge in [-0.05, 0) is 48.4 Å². The third kappa shape index (κ3) is 2.04. The maximum Gasteiger partial charge on any atom is 0.289 e. The van der Waals surface area contributed by atoms with Crippen LogP contribution < -0.4 is 5.73 Å². The molecule has 1 aromatic rings. The fourth-order valence-corrected chi connectivity index (χ4v) is 3.41. The first-order chi connectivity index (χ1) is 8.65. The largest absolute Gasteiger partial charge is 0.440 e. The Morgan fingerprint density at radius 3 is 2.89 bits per heavy atom.